The summed E-state index contributed by atoms with van der Waals surface area (Å²) in [5.74, 6) is 0. The molecule has 0 amide bonds. The van der Waals surface area contributed by atoms with Gasteiger partial charge in [-0.05, 0) is 73.3 Å². The van der Waals surface area contributed by atoms with Gasteiger partial charge in [0.05, 0.1) is 0 Å². The summed E-state index contributed by atoms with van der Waals surface area (Å²) in [7, 11) is 0. The van der Waals surface area contributed by atoms with E-state index < -0.39 is 5.67 Å². The fourth-order valence-corrected chi connectivity index (χ4v) is 6.86. The summed E-state index contributed by atoms with van der Waals surface area (Å²) in [6, 6.07) is 21.6. The van der Waals surface area contributed by atoms with E-state index in [0.29, 0.717) is 29.1 Å². The van der Waals surface area contributed by atoms with Crippen molar-refractivity contribution in [1.29, 1.82) is 0 Å². The third kappa shape index (κ3) is 3.92. The van der Waals surface area contributed by atoms with Crippen LogP contribution in [0, 0.1) is 10.8 Å². The number of allylic oxidation sites excluding steroid dienone is 4. The Hall–Kier alpha value is -2.15. The Labute approximate surface area is 200 Å². The molecule has 0 radical (unpaired) electrons. The van der Waals surface area contributed by atoms with Crippen LogP contribution in [0.3, 0.4) is 0 Å². The zero-order valence-electron chi connectivity index (χ0n) is 20.6. The molecule has 0 heterocycles. The maximum Gasteiger partial charge on any atom is 0.129 e. The molecule has 6 aliphatic rings. The quantitative estimate of drug-likeness (QED) is 0.407. The number of rotatable bonds is 2. The zero-order valence-corrected chi connectivity index (χ0v) is 20.6. The van der Waals surface area contributed by atoms with E-state index in [2.05, 4.69) is 93.6 Å². The van der Waals surface area contributed by atoms with Crippen molar-refractivity contribution in [3.8, 4) is 0 Å². The SMILES string of the molecule is CC(C)(C)C12C=CC(c3ccccc3)(CC1)CC2.FC12C=CC(c3ccccc3)(CC1)CC2. The van der Waals surface area contributed by atoms with Crippen LogP contribution in [0.15, 0.2) is 85.0 Å². The van der Waals surface area contributed by atoms with Crippen molar-refractivity contribution in [1.82, 2.24) is 0 Å². The van der Waals surface area contributed by atoms with Crippen LogP contribution in [0.4, 0.5) is 4.39 Å². The molecule has 2 aromatic carbocycles. The standard InChI is InChI=1S/C18H24.C14H15F/c1-16(2,3)18-12-9-17(10-13-18,11-14-18)15-7-5-4-6-8-15;15-14-9-6-13(7-10-14,8-11-14)12-4-2-1-3-5-12/h4-9,12H,10-11,13-14H2,1-3H3;1-6,9H,7-8,10-11H2. The molecule has 2 fully saturated rings. The Balaban J connectivity index is 0.000000140. The molecule has 0 saturated heterocycles. The minimum absolute atomic E-state index is 0.134. The van der Waals surface area contributed by atoms with E-state index in [-0.39, 0.29) is 5.41 Å². The lowest BCUT2D eigenvalue weighted by Crippen LogP contribution is -2.46. The predicted octanol–water partition coefficient (Wildman–Crippen LogP) is 8.88. The van der Waals surface area contributed by atoms with Crippen LogP contribution < -0.4 is 0 Å². The van der Waals surface area contributed by atoms with Crippen LogP contribution in [0.25, 0.3) is 0 Å². The highest BCUT2D eigenvalue weighted by Crippen LogP contribution is 2.60. The summed E-state index contributed by atoms with van der Waals surface area (Å²) in [5, 5.41) is 0. The highest BCUT2D eigenvalue weighted by Gasteiger charge is 2.50. The summed E-state index contributed by atoms with van der Waals surface area (Å²) in [5.41, 5.74) is 3.20. The Kier molecular flexibility index (Phi) is 5.46. The second-order valence-corrected chi connectivity index (χ2v) is 12.2. The summed E-state index contributed by atoms with van der Waals surface area (Å²) in [6.07, 6.45) is 17.6. The topological polar surface area (TPSA) is 0 Å². The fourth-order valence-electron chi connectivity index (χ4n) is 6.86. The van der Waals surface area contributed by atoms with Crippen molar-refractivity contribution < 1.29 is 4.39 Å². The molecule has 4 bridgehead atoms. The van der Waals surface area contributed by atoms with Crippen LogP contribution in [-0.2, 0) is 10.8 Å². The number of fused-ring (bicyclic) bond motifs is 4. The summed E-state index contributed by atoms with van der Waals surface area (Å²) in [6.45, 7) is 7.20. The normalized spacial score (nSPS) is 36.4. The van der Waals surface area contributed by atoms with Gasteiger partial charge < -0.3 is 0 Å². The molecule has 0 aromatic heterocycles. The Morgan fingerprint density at radius 1 is 0.545 bits per heavy atom. The van der Waals surface area contributed by atoms with E-state index in [1.807, 2.05) is 6.07 Å². The summed E-state index contributed by atoms with van der Waals surface area (Å²) < 4.78 is 13.9. The van der Waals surface area contributed by atoms with E-state index >= 15 is 0 Å². The molecule has 6 aliphatic carbocycles. The first-order valence-corrected chi connectivity index (χ1v) is 12.9. The molecule has 0 atom stereocenters. The van der Waals surface area contributed by atoms with Gasteiger partial charge in [-0.3, -0.25) is 0 Å². The van der Waals surface area contributed by atoms with E-state index in [1.54, 1.807) is 6.08 Å². The van der Waals surface area contributed by atoms with Crippen LogP contribution in [0.2, 0.25) is 0 Å². The molecule has 2 saturated carbocycles. The average Bonchev–Trinajstić information content (AvgIpc) is 2.87. The molecule has 8 rings (SSSR count). The fraction of sp³-hybridized carbons (Fsp3) is 0.500. The van der Waals surface area contributed by atoms with E-state index in [4.69, 9.17) is 0 Å². The molecular weight excluding hydrogens is 403 g/mol. The number of hydrogen-bond donors (Lipinski definition) is 0. The van der Waals surface area contributed by atoms with Crippen molar-refractivity contribution in [2.75, 3.05) is 0 Å². The van der Waals surface area contributed by atoms with Crippen molar-refractivity contribution in [2.45, 2.75) is 88.6 Å². The minimum Gasteiger partial charge on any atom is -0.239 e. The zero-order chi connectivity index (χ0) is 23.2. The highest BCUT2D eigenvalue weighted by molar-refractivity contribution is 5.38. The summed E-state index contributed by atoms with van der Waals surface area (Å²) in [4.78, 5) is 0. The first-order chi connectivity index (χ1) is 15.7. The second-order valence-electron chi connectivity index (χ2n) is 12.2. The molecule has 2 aromatic rings. The van der Waals surface area contributed by atoms with Gasteiger partial charge in [-0.1, -0.05) is 106 Å². The molecule has 33 heavy (non-hydrogen) atoms. The van der Waals surface area contributed by atoms with E-state index in [1.165, 1.54) is 36.8 Å². The first kappa shape index (κ1) is 22.6. The lowest BCUT2D eigenvalue weighted by molar-refractivity contribution is 0.0544. The number of alkyl halides is 1. The summed E-state index contributed by atoms with van der Waals surface area (Å²) >= 11 is 0. The van der Waals surface area contributed by atoms with Gasteiger partial charge in [-0.15, -0.1) is 0 Å². The van der Waals surface area contributed by atoms with Gasteiger partial charge in [0.25, 0.3) is 0 Å². The van der Waals surface area contributed by atoms with Crippen molar-refractivity contribution in [2.24, 2.45) is 10.8 Å². The maximum absolute atomic E-state index is 13.9. The van der Waals surface area contributed by atoms with Gasteiger partial charge in [-0.25, -0.2) is 4.39 Å². The molecule has 0 unspecified atom stereocenters. The molecule has 0 spiro atoms. The smallest absolute Gasteiger partial charge is 0.129 e. The monoisotopic (exact) mass is 442 g/mol. The lowest BCUT2D eigenvalue weighted by Gasteiger charge is -2.55. The Morgan fingerprint density at radius 2 is 0.970 bits per heavy atom. The number of benzene rings is 2. The molecular formula is C32H39F. The lowest BCUT2D eigenvalue weighted by atomic mass is 9.49. The first-order valence-electron chi connectivity index (χ1n) is 12.9. The van der Waals surface area contributed by atoms with Gasteiger partial charge in [0.15, 0.2) is 0 Å². The molecule has 1 heteroatoms. The number of halogens is 1. The van der Waals surface area contributed by atoms with Crippen molar-refractivity contribution >= 4 is 0 Å². The minimum atomic E-state index is -0.990. The van der Waals surface area contributed by atoms with Gasteiger partial charge in [0.1, 0.15) is 5.67 Å². The van der Waals surface area contributed by atoms with Crippen LogP contribution in [0.1, 0.15) is 83.3 Å². The molecule has 0 aliphatic heterocycles. The van der Waals surface area contributed by atoms with Crippen LogP contribution in [-0.4, -0.2) is 5.67 Å². The van der Waals surface area contributed by atoms with Crippen molar-refractivity contribution in [3.05, 3.63) is 96.1 Å². The third-order valence-corrected chi connectivity index (χ3v) is 9.62. The molecule has 0 N–H and O–H groups in total. The largest absolute Gasteiger partial charge is 0.239 e. The average molecular weight is 443 g/mol. The van der Waals surface area contributed by atoms with Crippen molar-refractivity contribution in [3.63, 3.8) is 0 Å². The molecule has 0 nitrogen and oxygen atoms in total. The molecule has 174 valence electrons. The highest BCUT2D eigenvalue weighted by atomic mass is 19.1. The van der Waals surface area contributed by atoms with E-state index in [0.717, 1.165) is 12.8 Å². The van der Waals surface area contributed by atoms with E-state index in [9.17, 15) is 4.39 Å². The predicted molar refractivity (Wildman–Crippen MR) is 137 cm³/mol. The van der Waals surface area contributed by atoms with Gasteiger partial charge in [0, 0.05) is 10.8 Å². The maximum atomic E-state index is 13.9. The van der Waals surface area contributed by atoms with Crippen LogP contribution >= 0.6 is 0 Å². The second kappa shape index (κ2) is 7.97. The van der Waals surface area contributed by atoms with Gasteiger partial charge >= 0.3 is 0 Å². The number of hydrogen-bond acceptors (Lipinski definition) is 0. The Morgan fingerprint density at radius 3 is 1.30 bits per heavy atom. The Bertz CT molecular complexity index is 1010. The van der Waals surface area contributed by atoms with Crippen LogP contribution in [0.5, 0.6) is 0 Å². The van der Waals surface area contributed by atoms with Gasteiger partial charge in [-0.2, -0.15) is 0 Å². The van der Waals surface area contributed by atoms with Gasteiger partial charge in [0.2, 0.25) is 0 Å². The third-order valence-electron chi connectivity index (χ3n) is 9.62.